The number of piperazine rings is 1. The summed E-state index contributed by atoms with van der Waals surface area (Å²) in [6.07, 6.45) is 1.95. The van der Waals surface area contributed by atoms with E-state index in [0.717, 1.165) is 50.3 Å². The zero-order valence-electron chi connectivity index (χ0n) is 17.4. The molecular weight excluding hydrogens is 386 g/mol. The van der Waals surface area contributed by atoms with Crippen LogP contribution in [0, 0.1) is 0 Å². The van der Waals surface area contributed by atoms with Gasteiger partial charge >= 0.3 is 0 Å². The van der Waals surface area contributed by atoms with E-state index in [-0.39, 0.29) is 12.4 Å². The Labute approximate surface area is 180 Å². The van der Waals surface area contributed by atoms with E-state index in [1.165, 1.54) is 11.1 Å². The van der Waals surface area contributed by atoms with Gasteiger partial charge in [-0.1, -0.05) is 41.6 Å². The molecule has 1 saturated heterocycles. The van der Waals surface area contributed by atoms with Crippen molar-refractivity contribution in [1.82, 2.24) is 9.80 Å². The van der Waals surface area contributed by atoms with Crippen molar-refractivity contribution in [3.8, 4) is 5.75 Å². The average Bonchev–Trinajstić information content (AvgIpc) is 2.73. The minimum Gasteiger partial charge on any atom is -0.493 e. The van der Waals surface area contributed by atoms with Crippen LogP contribution in [-0.2, 0) is 12.8 Å². The Morgan fingerprint density at radius 3 is 2.34 bits per heavy atom. The Hall–Kier alpha value is -2.08. The molecule has 5 nitrogen and oxygen atoms in total. The maximum Gasteiger partial charge on any atom is 0.128 e. The predicted octanol–water partition coefficient (Wildman–Crippen LogP) is 3.72. The van der Waals surface area contributed by atoms with Gasteiger partial charge in [-0.05, 0) is 50.1 Å². The van der Waals surface area contributed by atoms with Crippen LogP contribution in [-0.4, -0.2) is 67.1 Å². The minimum absolute atomic E-state index is 0. The summed E-state index contributed by atoms with van der Waals surface area (Å²) in [6.45, 7) is 7.24. The highest BCUT2D eigenvalue weighted by Gasteiger charge is 2.19. The van der Waals surface area contributed by atoms with Gasteiger partial charge in [0, 0.05) is 38.3 Å². The van der Waals surface area contributed by atoms with Crippen LogP contribution < -0.4 is 4.74 Å². The lowest BCUT2D eigenvalue weighted by Crippen LogP contribution is -2.46. The smallest absolute Gasteiger partial charge is 0.128 e. The van der Waals surface area contributed by atoms with Crippen LogP contribution in [0.15, 0.2) is 53.7 Å². The quantitative estimate of drug-likeness (QED) is 0.404. The number of ether oxygens (including phenoxy) is 1. The summed E-state index contributed by atoms with van der Waals surface area (Å²) < 4.78 is 5.90. The van der Waals surface area contributed by atoms with Crippen LogP contribution in [0.5, 0.6) is 5.75 Å². The molecule has 2 aromatic carbocycles. The molecule has 1 N–H and O–H groups in total. The van der Waals surface area contributed by atoms with Crippen molar-refractivity contribution in [2.45, 2.75) is 19.8 Å². The highest BCUT2D eigenvalue weighted by molar-refractivity contribution is 6.04. The van der Waals surface area contributed by atoms with Crippen LogP contribution in [0.4, 0.5) is 0 Å². The molecule has 0 unspecified atom stereocenters. The lowest BCUT2D eigenvalue weighted by atomic mass is 10.0. The van der Waals surface area contributed by atoms with E-state index in [4.69, 9.17) is 4.74 Å². The van der Waals surface area contributed by atoms with E-state index >= 15 is 0 Å². The molecule has 0 atom stereocenters. The predicted molar refractivity (Wildman–Crippen MR) is 121 cm³/mol. The van der Waals surface area contributed by atoms with Crippen molar-refractivity contribution < 1.29 is 9.94 Å². The molecule has 0 aromatic heterocycles. The third-order valence-electron chi connectivity index (χ3n) is 5.29. The number of hydrogen-bond acceptors (Lipinski definition) is 5. The Morgan fingerprint density at radius 2 is 1.69 bits per heavy atom. The molecular formula is C23H32ClN3O2. The van der Waals surface area contributed by atoms with Crippen LogP contribution in [0.3, 0.4) is 0 Å². The summed E-state index contributed by atoms with van der Waals surface area (Å²) in [7, 11) is 2.14. The van der Waals surface area contributed by atoms with E-state index < -0.39 is 0 Å². The normalized spacial score (nSPS) is 15.7. The molecule has 158 valence electrons. The summed E-state index contributed by atoms with van der Waals surface area (Å²) in [4.78, 5) is 4.65. The molecule has 0 amide bonds. The van der Waals surface area contributed by atoms with E-state index in [1.807, 2.05) is 19.1 Å². The van der Waals surface area contributed by atoms with Crippen molar-refractivity contribution in [3.05, 3.63) is 65.2 Å². The molecule has 0 saturated carbocycles. The second-order valence-corrected chi connectivity index (χ2v) is 7.38. The molecule has 29 heavy (non-hydrogen) atoms. The van der Waals surface area contributed by atoms with Crippen molar-refractivity contribution in [3.63, 3.8) is 0 Å². The zero-order chi connectivity index (χ0) is 19.8. The molecule has 1 aliphatic heterocycles. The first-order valence-electron chi connectivity index (χ1n) is 10.1. The molecule has 0 aliphatic carbocycles. The van der Waals surface area contributed by atoms with Gasteiger partial charge in [0.15, 0.2) is 0 Å². The molecule has 3 rings (SSSR count). The van der Waals surface area contributed by atoms with Gasteiger partial charge in [-0.25, -0.2) is 0 Å². The van der Waals surface area contributed by atoms with E-state index in [0.29, 0.717) is 18.9 Å². The second-order valence-electron chi connectivity index (χ2n) is 7.38. The van der Waals surface area contributed by atoms with Crippen molar-refractivity contribution >= 4 is 18.1 Å². The standard InChI is InChI=1S/C23H31N3O2.ClH/c1-3-28-23-17-20(10-9-19-7-5-4-6-8-19)11-12-21(23)22(24-27)18-26-15-13-25(2)14-16-26;/h4-8,11-12,17,27H,3,9-10,13-16,18H2,1-2H3;1H. The molecule has 0 bridgehead atoms. The molecule has 0 radical (unpaired) electrons. The Morgan fingerprint density at radius 1 is 1.00 bits per heavy atom. The maximum absolute atomic E-state index is 9.67. The van der Waals surface area contributed by atoms with Crippen LogP contribution >= 0.6 is 12.4 Å². The molecule has 1 fully saturated rings. The van der Waals surface area contributed by atoms with E-state index in [9.17, 15) is 5.21 Å². The number of likely N-dealkylation sites (N-methyl/N-ethyl adjacent to an activating group) is 1. The number of halogens is 1. The number of rotatable bonds is 8. The molecule has 1 heterocycles. The number of oxime groups is 1. The third-order valence-corrected chi connectivity index (χ3v) is 5.29. The zero-order valence-corrected chi connectivity index (χ0v) is 18.2. The summed E-state index contributed by atoms with van der Waals surface area (Å²) in [6, 6.07) is 16.8. The van der Waals surface area contributed by atoms with E-state index in [2.05, 4.69) is 58.4 Å². The number of hydrogen-bond donors (Lipinski definition) is 1. The van der Waals surface area contributed by atoms with Crippen molar-refractivity contribution in [2.75, 3.05) is 46.4 Å². The van der Waals surface area contributed by atoms with Gasteiger partial charge in [-0.15, -0.1) is 12.4 Å². The van der Waals surface area contributed by atoms with Gasteiger partial charge in [-0.2, -0.15) is 0 Å². The first-order chi connectivity index (χ1) is 13.7. The SMILES string of the molecule is CCOc1cc(CCc2ccccc2)ccc1C(CN1CCN(C)CC1)=NO.Cl. The van der Waals surface area contributed by atoms with E-state index in [1.54, 1.807) is 0 Å². The third kappa shape index (κ3) is 6.74. The topological polar surface area (TPSA) is 48.3 Å². The summed E-state index contributed by atoms with van der Waals surface area (Å²) in [5.74, 6) is 0.801. The molecule has 2 aromatic rings. The van der Waals surface area contributed by atoms with Crippen molar-refractivity contribution in [1.29, 1.82) is 0 Å². The van der Waals surface area contributed by atoms with Crippen LogP contribution in [0.2, 0.25) is 0 Å². The van der Waals surface area contributed by atoms with Crippen LogP contribution in [0.1, 0.15) is 23.6 Å². The summed E-state index contributed by atoms with van der Waals surface area (Å²) >= 11 is 0. The number of aryl methyl sites for hydroxylation is 2. The monoisotopic (exact) mass is 417 g/mol. The lowest BCUT2D eigenvalue weighted by molar-refractivity contribution is 0.169. The summed E-state index contributed by atoms with van der Waals surface area (Å²) in [5.41, 5.74) is 4.11. The van der Waals surface area contributed by atoms with Gasteiger partial charge in [0.05, 0.1) is 6.61 Å². The van der Waals surface area contributed by atoms with Gasteiger partial charge in [0.2, 0.25) is 0 Å². The van der Waals surface area contributed by atoms with Crippen LogP contribution in [0.25, 0.3) is 0 Å². The second kappa shape index (κ2) is 11.8. The van der Waals surface area contributed by atoms with Gasteiger partial charge in [0.25, 0.3) is 0 Å². The Kier molecular flexibility index (Phi) is 9.45. The number of nitrogens with zero attached hydrogens (tertiary/aromatic N) is 3. The maximum atomic E-state index is 9.67. The Balaban J connectivity index is 0.00000300. The van der Waals surface area contributed by atoms with Gasteiger partial charge in [0.1, 0.15) is 11.5 Å². The lowest BCUT2D eigenvalue weighted by Gasteiger charge is -2.32. The fourth-order valence-corrected chi connectivity index (χ4v) is 3.56. The molecule has 1 aliphatic rings. The highest BCUT2D eigenvalue weighted by atomic mass is 35.5. The van der Waals surface area contributed by atoms with Gasteiger partial charge < -0.3 is 14.8 Å². The number of benzene rings is 2. The average molecular weight is 418 g/mol. The van der Waals surface area contributed by atoms with Crippen molar-refractivity contribution in [2.24, 2.45) is 5.16 Å². The van der Waals surface area contributed by atoms with Gasteiger partial charge in [-0.3, -0.25) is 4.90 Å². The molecule has 6 heteroatoms. The Bertz CT molecular complexity index is 775. The molecule has 0 spiro atoms. The largest absolute Gasteiger partial charge is 0.493 e. The first kappa shape index (κ1) is 23.2. The minimum atomic E-state index is 0. The fraction of sp³-hybridized carbons (Fsp3) is 0.435. The first-order valence-corrected chi connectivity index (χ1v) is 10.1. The fourth-order valence-electron chi connectivity index (χ4n) is 3.56. The summed E-state index contributed by atoms with van der Waals surface area (Å²) in [5, 5.41) is 13.3. The highest BCUT2D eigenvalue weighted by Crippen LogP contribution is 2.23.